The minimum absolute atomic E-state index is 0.199. The van der Waals surface area contributed by atoms with Gasteiger partial charge in [-0.1, -0.05) is 42.0 Å². The number of hydrogen-bond donors (Lipinski definition) is 2. The molecule has 0 bridgehead atoms. The molecule has 2 N–H and O–H groups in total. The number of rotatable bonds is 4. The lowest BCUT2D eigenvalue weighted by molar-refractivity contribution is 0.0946. The van der Waals surface area contributed by atoms with Crippen molar-refractivity contribution in [2.75, 3.05) is 0 Å². The fourth-order valence-electron chi connectivity index (χ4n) is 3.29. The minimum atomic E-state index is -0.366. The van der Waals surface area contributed by atoms with Crippen molar-refractivity contribution in [3.05, 3.63) is 95.2 Å². The maximum atomic E-state index is 14.2. The molecular formula is C23H18F2N2O. The van der Waals surface area contributed by atoms with E-state index in [2.05, 4.69) is 10.3 Å². The number of fused-ring (bicyclic) bond motifs is 1. The number of hydrogen-bond acceptors (Lipinski definition) is 1. The molecule has 1 heterocycles. The average molecular weight is 376 g/mol. The van der Waals surface area contributed by atoms with Crippen LogP contribution < -0.4 is 5.32 Å². The van der Waals surface area contributed by atoms with Gasteiger partial charge in [-0.15, -0.1) is 0 Å². The smallest absolute Gasteiger partial charge is 0.267 e. The number of carbonyl (C=O) groups excluding carboxylic acids is 1. The van der Waals surface area contributed by atoms with Crippen molar-refractivity contribution in [3.63, 3.8) is 0 Å². The van der Waals surface area contributed by atoms with Gasteiger partial charge in [0.05, 0.1) is 5.52 Å². The van der Waals surface area contributed by atoms with E-state index < -0.39 is 0 Å². The van der Waals surface area contributed by atoms with Crippen molar-refractivity contribution in [1.29, 1.82) is 0 Å². The van der Waals surface area contributed by atoms with Crippen molar-refractivity contribution in [1.82, 2.24) is 10.3 Å². The summed E-state index contributed by atoms with van der Waals surface area (Å²) < 4.78 is 27.4. The number of benzene rings is 3. The standard InChI is InChI=1S/C23H18F2N2O/c1-14-4-2-6-16(8-14)20-12-19(25)10-17-11-21(27-22(17)20)23(28)26-13-15-5-3-7-18(24)9-15/h2-12,27H,13H2,1H3,(H,26,28). The van der Waals surface area contributed by atoms with Gasteiger partial charge in [-0.05, 0) is 48.4 Å². The Morgan fingerprint density at radius 2 is 1.79 bits per heavy atom. The first-order chi connectivity index (χ1) is 13.5. The van der Waals surface area contributed by atoms with E-state index >= 15 is 0 Å². The molecule has 4 aromatic rings. The SMILES string of the molecule is Cc1cccc(-c2cc(F)cc3cc(C(=O)NCc4cccc(F)c4)[nH]c23)c1. The highest BCUT2D eigenvalue weighted by Crippen LogP contribution is 2.30. The third-order valence-electron chi connectivity index (χ3n) is 4.61. The molecule has 0 fully saturated rings. The normalized spacial score (nSPS) is 11.0. The number of halogens is 2. The van der Waals surface area contributed by atoms with Crippen molar-refractivity contribution in [2.45, 2.75) is 13.5 Å². The zero-order valence-electron chi connectivity index (χ0n) is 15.2. The minimum Gasteiger partial charge on any atom is -0.350 e. The summed E-state index contributed by atoms with van der Waals surface area (Å²) in [6, 6.07) is 18.3. The Morgan fingerprint density at radius 1 is 0.964 bits per heavy atom. The van der Waals surface area contributed by atoms with E-state index in [4.69, 9.17) is 0 Å². The second kappa shape index (κ2) is 7.27. The van der Waals surface area contributed by atoms with Crippen LogP contribution >= 0.6 is 0 Å². The first-order valence-electron chi connectivity index (χ1n) is 8.91. The molecule has 28 heavy (non-hydrogen) atoms. The van der Waals surface area contributed by atoms with E-state index in [1.165, 1.54) is 24.3 Å². The number of aromatic amines is 1. The average Bonchev–Trinajstić information content (AvgIpc) is 3.09. The summed E-state index contributed by atoms with van der Waals surface area (Å²) in [5.74, 6) is -1.05. The molecule has 0 radical (unpaired) electrons. The van der Waals surface area contributed by atoms with E-state index in [0.29, 0.717) is 27.7 Å². The van der Waals surface area contributed by atoms with Crippen LogP contribution in [0.3, 0.4) is 0 Å². The van der Waals surface area contributed by atoms with Gasteiger partial charge in [0, 0.05) is 17.5 Å². The first-order valence-corrected chi connectivity index (χ1v) is 8.91. The summed E-state index contributed by atoms with van der Waals surface area (Å²) in [6.45, 7) is 2.17. The van der Waals surface area contributed by atoms with E-state index in [1.54, 1.807) is 18.2 Å². The Kier molecular flexibility index (Phi) is 4.65. The fraction of sp³-hybridized carbons (Fsp3) is 0.0870. The lowest BCUT2D eigenvalue weighted by atomic mass is 10.0. The molecule has 0 aliphatic heterocycles. The second-order valence-electron chi connectivity index (χ2n) is 6.78. The quantitative estimate of drug-likeness (QED) is 0.495. The van der Waals surface area contributed by atoms with E-state index in [-0.39, 0.29) is 24.1 Å². The van der Waals surface area contributed by atoms with E-state index in [9.17, 15) is 13.6 Å². The van der Waals surface area contributed by atoms with Gasteiger partial charge >= 0.3 is 0 Å². The lowest BCUT2D eigenvalue weighted by Crippen LogP contribution is -2.23. The number of carbonyl (C=O) groups is 1. The van der Waals surface area contributed by atoms with Crippen LogP contribution in [0.5, 0.6) is 0 Å². The van der Waals surface area contributed by atoms with Crippen LogP contribution in [0.2, 0.25) is 0 Å². The Balaban J connectivity index is 1.65. The highest BCUT2D eigenvalue weighted by atomic mass is 19.1. The van der Waals surface area contributed by atoms with Crippen LogP contribution in [0.4, 0.5) is 8.78 Å². The van der Waals surface area contributed by atoms with Gasteiger partial charge in [-0.3, -0.25) is 4.79 Å². The first kappa shape index (κ1) is 17.9. The summed E-state index contributed by atoms with van der Waals surface area (Å²) in [7, 11) is 0. The molecule has 0 aliphatic carbocycles. The van der Waals surface area contributed by atoms with Gasteiger partial charge in [0.15, 0.2) is 0 Å². The van der Waals surface area contributed by atoms with Gasteiger partial charge in [0.2, 0.25) is 0 Å². The molecule has 1 amide bonds. The topological polar surface area (TPSA) is 44.9 Å². The number of H-pyrrole nitrogens is 1. The van der Waals surface area contributed by atoms with Crippen LogP contribution in [-0.2, 0) is 6.54 Å². The molecule has 140 valence electrons. The molecule has 0 atom stereocenters. The predicted molar refractivity (Wildman–Crippen MR) is 106 cm³/mol. The fourth-order valence-corrected chi connectivity index (χ4v) is 3.29. The highest BCUT2D eigenvalue weighted by molar-refractivity contribution is 6.02. The third kappa shape index (κ3) is 3.64. The molecule has 0 aliphatic rings. The summed E-state index contributed by atoms with van der Waals surface area (Å²) in [6.07, 6.45) is 0. The number of nitrogens with one attached hydrogen (secondary N) is 2. The Morgan fingerprint density at radius 3 is 2.57 bits per heavy atom. The largest absolute Gasteiger partial charge is 0.350 e. The van der Waals surface area contributed by atoms with Gasteiger partial charge in [-0.2, -0.15) is 0 Å². The molecule has 0 saturated heterocycles. The van der Waals surface area contributed by atoms with Gasteiger partial charge < -0.3 is 10.3 Å². The molecule has 5 heteroatoms. The Hall–Kier alpha value is -3.47. The van der Waals surface area contributed by atoms with Gasteiger partial charge in [-0.25, -0.2) is 8.78 Å². The molecule has 0 saturated carbocycles. The summed E-state index contributed by atoms with van der Waals surface area (Å²) in [5.41, 5.74) is 4.32. The summed E-state index contributed by atoms with van der Waals surface area (Å²) >= 11 is 0. The van der Waals surface area contributed by atoms with Crippen molar-refractivity contribution >= 4 is 16.8 Å². The number of aromatic nitrogens is 1. The van der Waals surface area contributed by atoms with Crippen molar-refractivity contribution in [3.8, 4) is 11.1 Å². The second-order valence-corrected chi connectivity index (χ2v) is 6.78. The van der Waals surface area contributed by atoms with Crippen LogP contribution in [0.25, 0.3) is 22.0 Å². The maximum absolute atomic E-state index is 14.2. The van der Waals surface area contributed by atoms with E-state index in [0.717, 1.165) is 11.1 Å². The predicted octanol–water partition coefficient (Wildman–Crippen LogP) is 5.35. The zero-order chi connectivity index (χ0) is 19.7. The molecule has 3 nitrogen and oxygen atoms in total. The number of aryl methyl sites for hydroxylation is 1. The van der Waals surface area contributed by atoms with Crippen LogP contribution in [0, 0.1) is 18.6 Å². The Labute approximate surface area is 161 Å². The van der Waals surface area contributed by atoms with Crippen LogP contribution in [0.1, 0.15) is 21.6 Å². The Bertz CT molecular complexity index is 1180. The van der Waals surface area contributed by atoms with Gasteiger partial charge in [0.25, 0.3) is 5.91 Å². The summed E-state index contributed by atoms with van der Waals surface area (Å²) in [5, 5.41) is 3.37. The number of amides is 1. The molecular weight excluding hydrogens is 358 g/mol. The van der Waals surface area contributed by atoms with E-state index in [1.807, 2.05) is 31.2 Å². The van der Waals surface area contributed by atoms with Crippen molar-refractivity contribution in [2.24, 2.45) is 0 Å². The molecule has 0 unspecified atom stereocenters. The highest BCUT2D eigenvalue weighted by Gasteiger charge is 2.14. The molecule has 4 rings (SSSR count). The third-order valence-corrected chi connectivity index (χ3v) is 4.61. The van der Waals surface area contributed by atoms with Crippen molar-refractivity contribution < 1.29 is 13.6 Å². The summed E-state index contributed by atoms with van der Waals surface area (Å²) in [4.78, 5) is 15.6. The van der Waals surface area contributed by atoms with Crippen LogP contribution in [-0.4, -0.2) is 10.9 Å². The molecule has 3 aromatic carbocycles. The van der Waals surface area contributed by atoms with Crippen LogP contribution in [0.15, 0.2) is 66.7 Å². The lowest BCUT2D eigenvalue weighted by Gasteiger charge is -2.06. The van der Waals surface area contributed by atoms with Gasteiger partial charge in [0.1, 0.15) is 17.3 Å². The monoisotopic (exact) mass is 376 g/mol. The molecule has 0 spiro atoms. The molecule has 1 aromatic heterocycles. The maximum Gasteiger partial charge on any atom is 0.267 e. The zero-order valence-corrected chi connectivity index (χ0v) is 15.2.